The van der Waals surface area contributed by atoms with Crippen molar-refractivity contribution in [1.29, 1.82) is 0 Å². The Hall–Kier alpha value is -3.98. The minimum Gasteiger partial charge on any atom is -0.493 e. The molecule has 4 aromatic rings. The van der Waals surface area contributed by atoms with E-state index in [0.29, 0.717) is 42.9 Å². The van der Waals surface area contributed by atoms with Crippen molar-refractivity contribution in [2.24, 2.45) is 5.41 Å². The van der Waals surface area contributed by atoms with Crippen molar-refractivity contribution in [3.05, 3.63) is 60.6 Å². The highest BCUT2D eigenvalue weighted by Gasteiger charge is 2.34. The highest BCUT2D eigenvalue weighted by molar-refractivity contribution is 5.98. The van der Waals surface area contributed by atoms with Gasteiger partial charge >= 0.3 is 0 Å². The van der Waals surface area contributed by atoms with Crippen molar-refractivity contribution >= 4 is 28.4 Å². The topological polar surface area (TPSA) is 105 Å². The van der Waals surface area contributed by atoms with Gasteiger partial charge in [-0.25, -0.2) is 9.97 Å². The molecule has 36 heavy (non-hydrogen) atoms. The van der Waals surface area contributed by atoms with Crippen LogP contribution in [0.25, 0.3) is 22.3 Å². The van der Waals surface area contributed by atoms with Crippen LogP contribution in [0.1, 0.15) is 31.3 Å². The van der Waals surface area contributed by atoms with Gasteiger partial charge in [0.1, 0.15) is 11.4 Å². The van der Waals surface area contributed by atoms with Crippen molar-refractivity contribution in [3.8, 4) is 17.1 Å². The molecular formula is C27H32N6O3. The molecule has 0 saturated carbocycles. The standard InChI is InChI=1S/C25H26N6O3.C2H6/c1-25(13-33-14-25)15-34-18-6-8-26-21(12-18)20-7-9-27-24(30-20)28-17-4-5-19-16(10-17)11-22(29-19)23(32)31(2)3;1-2/h4-12,29H,13-15H2,1-3H3,(H,27,28,30);1-2H3. The molecule has 2 N–H and O–H groups in total. The predicted octanol–water partition coefficient (Wildman–Crippen LogP) is 4.91. The lowest BCUT2D eigenvalue weighted by Gasteiger charge is -2.37. The van der Waals surface area contributed by atoms with E-state index in [1.807, 2.05) is 56.3 Å². The van der Waals surface area contributed by atoms with Gasteiger partial charge in [-0.1, -0.05) is 20.8 Å². The molecule has 1 saturated heterocycles. The number of H-pyrrole nitrogens is 1. The van der Waals surface area contributed by atoms with E-state index < -0.39 is 0 Å². The minimum atomic E-state index is -0.0735. The van der Waals surface area contributed by atoms with Gasteiger partial charge in [0.2, 0.25) is 5.95 Å². The zero-order valence-corrected chi connectivity index (χ0v) is 21.3. The molecule has 1 aliphatic heterocycles. The molecule has 3 aromatic heterocycles. The number of aromatic nitrogens is 4. The summed E-state index contributed by atoms with van der Waals surface area (Å²) in [6, 6.07) is 13.2. The molecular weight excluding hydrogens is 456 g/mol. The summed E-state index contributed by atoms with van der Waals surface area (Å²) in [6.07, 6.45) is 3.40. The van der Waals surface area contributed by atoms with Crippen LogP contribution >= 0.6 is 0 Å². The summed E-state index contributed by atoms with van der Waals surface area (Å²) in [6.45, 7) is 8.17. The SMILES string of the molecule is CC.CN(C)C(=O)c1cc2cc(Nc3nccc(-c4cc(OCC5(C)COC5)ccn4)n3)ccc2[nH]1. The molecule has 1 amide bonds. The van der Waals surface area contributed by atoms with Crippen LogP contribution in [0.4, 0.5) is 11.6 Å². The van der Waals surface area contributed by atoms with E-state index in [1.54, 1.807) is 31.4 Å². The minimum absolute atomic E-state index is 0.0660. The van der Waals surface area contributed by atoms with E-state index in [-0.39, 0.29) is 11.3 Å². The number of amides is 1. The monoisotopic (exact) mass is 488 g/mol. The fraction of sp³-hybridized carbons (Fsp3) is 0.333. The lowest BCUT2D eigenvalue weighted by Crippen LogP contribution is -2.44. The van der Waals surface area contributed by atoms with Gasteiger partial charge in [0.25, 0.3) is 5.91 Å². The number of carbonyl (C=O) groups excluding carboxylic acids is 1. The normalized spacial score (nSPS) is 13.8. The summed E-state index contributed by atoms with van der Waals surface area (Å²) < 4.78 is 11.3. The average Bonchev–Trinajstić information content (AvgIpc) is 3.31. The van der Waals surface area contributed by atoms with Crippen molar-refractivity contribution < 1.29 is 14.3 Å². The first kappa shape index (κ1) is 25.1. The second-order valence-electron chi connectivity index (χ2n) is 9.04. The molecule has 1 aliphatic rings. The number of anilines is 2. The van der Waals surface area contributed by atoms with Gasteiger partial charge in [-0.15, -0.1) is 0 Å². The van der Waals surface area contributed by atoms with Crippen molar-refractivity contribution in [2.45, 2.75) is 20.8 Å². The Morgan fingerprint density at radius 3 is 2.58 bits per heavy atom. The van der Waals surface area contributed by atoms with Crippen molar-refractivity contribution in [2.75, 3.05) is 39.2 Å². The Morgan fingerprint density at radius 2 is 1.86 bits per heavy atom. The number of carbonyl (C=O) groups is 1. The molecule has 0 unspecified atom stereocenters. The molecule has 0 atom stereocenters. The second-order valence-corrected chi connectivity index (χ2v) is 9.04. The molecule has 0 bridgehead atoms. The maximum atomic E-state index is 12.2. The first-order valence-corrected chi connectivity index (χ1v) is 12.0. The molecule has 0 radical (unpaired) electrons. The van der Waals surface area contributed by atoms with Crippen LogP contribution < -0.4 is 10.1 Å². The molecule has 5 rings (SSSR count). The number of rotatable bonds is 7. The molecule has 188 valence electrons. The van der Waals surface area contributed by atoms with Crippen molar-refractivity contribution in [3.63, 3.8) is 0 Å². The Morgan fingerprint density at radius 1 is 1.08 bits per heavy atom. The summed E-state index contributed by atoms with van der Waals surface area (Å²) in [5.41, 5.74) is 3.69. The van der Waals surface area contributed by atoms with Gasteiger partial charge in [0, 0.05) is 54.6 Å². The van der Waals surface area contributed by atoms with Crippen LogP contribution in [-0.4, -0.2) is 64.7 Å². The summed E-state index contributed by atoms with van der Waals surface area (Å²) in [5.74, 6) is 1.12. The van der Waals surface area contributed by atoms with Gasteiger partial charge in [-0.05, 0) is 36.4 Å². The lowest BCUT2D eigenvalue weighted by molar-refractivity contribution is -0.120. The van der Waals surface area contributed by atoms with Crippen LogP contribution in [0, 0.1) is 5.41 Å². The second kappa shape index (κ2) is 10.7. The maximum absolute atomic E-state index is 12.2. The highest BCUT2D eigenvalue weighted by atomic mass is 16.5. The molecule has 9 heteroatoms. The van der Waals surface area contributed by atoms with Gasteiger partial charge < -0.3 is 24.7 Å². The third-order valence-corrected chi connectivity index (χ3v) is 5.65. The van der Waals surface area contributed by atoms with E-state index in [4.69, 9.17) is 9.47 Å². The largest absolute Gasteiger partial charge is 0.493 e. The van der Waals surface area contributed by atoms with E-state index in [9.17, 15) is 4.79 Å². The van der Waals surface area contributed by atoms with Gasteiger partial charge in [0.15, 0.2) is 0 Å². The summed E-state index contributed by atoms with van der Waals surface area (Å²) in [7, 11) is 3.46. The third kappa shape index (κ3) is 5.63. The fourth-order valence-corrected chi connectivity index (χ4v) is 3.69. The number of pyridine rings is 1. The first-order valence-electron chi connectivity index (χ1n) is 12.0. The van der Waals surface area contributed by atoms with Gasteiger partial charge in [-0.3, -0.25) is 9.78 Å². The number of benzene rings is 1. The zero-order chi connectivity index (χ0) is 25.7. The molecule has 1 aromatic carbocycles. The number of hydrogen-bond donors (Lipinski definition) is 2. The number of fused-ring (bicyclic) bond motifs is 1. The summed E-state index contributed by atoms with van der Waals surface area (Å²) in [4.78, 5) is 30.3. The fourth-order valence-electron chi connectivity index (χ4n) is 3.69. The van der Waals surface area contributed by atoms with E-state index >= 15 is 0 Å². The summed E-state index contributed by atoms with van der Waals surface area (Å²) in [5, 5.41) is 4.16. The van der Waals surface area contributed by atoms with E-state index in [2.05, 4.69) is 32.2 Å². The van der Waals surface area contributed by atoms with Crippen LogP contribution in [-0.2, 0) is 4.74 Å². The average molecular weight is 489 g/mol. The Bertz CT molecular complexity index is 1350. The predicted molar refractivity (Wildman–Crippen MR) is 141 cm³/mol. The van der Waals surface area contributed by atoms with Gasteiger partial charge in [-0.2, -0.15) is 0 Å². The highest BCUT2D eigenvalue weighted by Crippen LogP contribution is 2.29. The zero-order valence-electron chi connectivity index (χ0n) is 21.3. The van der Waals surface area contributed by atoms with Crippen LogP contribution in [0.5, 0.6) is 5.75 Å². The Balaban J connectivity index is 0.00000148. The van der Waals surface area contributed by atoms with Crippen molar-refractivity contribution in [1.82, 2.24) is 24.8 Å². The van der Waals surface area contributed by atoms with Crippen LogP contribution in [0.2, 0.25) is 0 Å². The maximum Gasteiger partial charge on any atom is 0.269 e. The van der Waals surface area contributed by atoms with E-state index in [0.717, 1.165) is 22.3 Å². The quantitative estimate of drug-likeness (QED) is 0.381. The molecule has 4 heterocycles. The Kier molecular flexibility index (Phi) is 7.49. The molecule has 9 nitrogen and oxygen atoms in total. The van der Waals surface area contributed by atoms with Crippen LogP contribution in [0.15, 0.2) is 54.9 Å². The molecule has 0 aliphatic carbocycles. The van der Waals surface area contributed by atoms with E-state index in [1.165, 1.54) is 0 Å². The number of nitrogens with one attached hydrogen (secondary N) is 2. The number of nitrogens with zero attached hydrogens (tertiary/aromatic N) is 4. The molecule has 1 fully saturated rings. The third-order valence-electron chi connectivity index (χ3n) is 5.65. The summed E-state index contributed by atoms with van der Waals surface area (Å²) >= 11 is 0. The number of hydrogen-bond acceptors (Lipinski definition) is 7. The molecule has 0 spiro atoms. The Labute approximate surface area is 210 Å². The smallest absolute Gasteiger partial charge is 0.269 e. The van der Waals surface area contributed by atoms with Gasteiger partial charge in [0.05, 0.1) is 31.2 Å². The first-order chi connectivity index (χ1) is 17.4. The number of ether oxygens (including phenoxy) is 2. The lowest BCUT2D eigenvalue weighted by atomic mass is 9.90. The number of aromatic amines is 1. The van der Waals surface area contributed by atoms with Crippen LogP contribution in [0.3, 0.4) is 0 Å².